The van der Waals surface area contributed by atoms with Crippen molar-refractivity contribution in [2.45, 2.75) is 6.54 Å². The Bertz CT molecular complexity index is 1320. The van der Waals surface area contributed by atoms with Gasteiger partial charge in [-0.3, -0.25) is 14.2 Å². The molecule has 4 aromatic rings. The van der Waals surface area contributed by atoms with Gasteiger partial charge in [0.25, 0.3) is 5.91 Å². The van der Waals surface area contributed by atoms with Crippen LogP contribution in [0.1, 0.15) is 15.9 Å². The maximum atomic E-state index is 14.3. The van der Waals surface area contributed by atoms with Crippen molar-refractivity contribution in [1.29, 1.82) is 0 Å². The number of halogens is 2. The third-order valence-corrected chi connectivity index (χ3v) is 5.27. The average Bonchev–Trinajstić information content (AvgIpc) is 3.23. The van der Waals surface area contributed by atoms with E-state index in [0.29, 0.717) is 22.5 Å². The zero-order chi connectivity index (χ0) is 18.7. The number of pyridine rings is 1. The highest BCUT2D eigenvalue weighted by Gasteiger charge is 2.33. The minimum atomic E-state index is -0.399. The third kappa shape index (κ3) is 2.15. The van der Waals surface area contributed by atoms with E-state index in [1.807, 2.05) is 0 Å². The molecule has 132 valence electrons. The minimum absolute atomic E-state index is 0.0718. The summed E-state index contributed by atoms with van der Waals surface area (Å²) in [4.78, 5) is 25.9. The summed E-state index contributed by atoms with van der Waals surface area (Å²) < 4.78 is 17.6. The van der Waals surface area contributed by atoms with Gasteiger partial charge in [-0.2, -0.15) is 0 Å². The van der Waals surface area contributed by atoms with Gasteiger partial charge in [0, 0.05) is 11.8 Å². The summed E-state index contributed by atoms with van der Waals surface area (Å²) >= 11 is 6.30. The molecule has 0 fully saturated rings. The van der Waals surface area contributed by atoms with Crippen LogP contribution in [-0.4, -0.2) is 15.0 Å². The van der Waals surface area contributed by atoms with E-state index in [4.69, 9.17) is 11.6 Å². The molecule has 0 saturated carbocycles. The Morgan fingerprint density at radius 3 is 2.59 bits per heavy atom. The van der Waals surface area contributed by atoms with E-state index in [2.05, 4.69) is 0 Å². The summed E-state index contributed by atoms with van der Waals surface area (Å²) in [7, 11) is 0. The second-order valence-corrected chi connectivity index (χ2v) is 6.84. The Balaban J connectivity index is 1.93. The molecule has 2 aromatic carbocycles. The zero-order valence-electron chi connectivity index (χ0n) is 13.9. The summed E-state index contributed by atoms with van der Waals surface area (Å²) in [5.41, 5.74) is 1.81. The van der Waals surface area contributed by atoms with Gasteiger partial charge in [0.1, 0.15) is 11.4 Å². The Kier molecular flexibility index (Phi) is 3.36. The Hall–Kier alpha value is -3.18. The topological polar surface area (TPSA) is 44.0 Å². The van der Waals surface area contributed by atoms with Crippen molar-refractivity contribution < 1.29 is 9.18 Å². The number of carbonyl (C=O) groups is 1. The molecule has 1 aliphatic heterocycles. The first kappa shape index (κ1) is 16.0. The predicted octanol–water partition coefficient (Wildman–Crippen LogP) is 4.31. The van der Waals surface area contributed by atoms with Crippen LogP contribution in [0.3, 0.4) is 0 Å². The summed E-state index contributed by atoms with van der Waals surface area (Å²) in [6, 6.07) is 15.1. The van der Waals surface area contributed by atoms with Crippen LogP contribution in [0.15, 0.2) is 65.6 Å². The Morgan fingerprint density at radius 2 is 1.78 bits per heavy atom. The van der Waals surface area contributed by atoms with Gasteiger partial charge in [0.2, 0.25) is 5.43 Å². The second-order valence-electron chi connectivity index (χ2n) is 6.43. The highest BCUT2D eigenvalue weighted by molar-refractivity contribution is 6.35. The van der Waals surface area contributed by atoms with Crippen LogP contribution < -0.4 is 5.43 Å². The summed E-state index contributed by atoms with van der Waals surface area (Å²) in [5.74, 6) is -0.737. The van der Waals surface area contributed by atoms with E-state index >= 15 is 0 Å². The number of hydrogen-bond donors (Lipinski definition) is 0. The number of fused-ring (bicyclic) bond motifs is 4. The molecule has 1 aliphatic rings. The fourth-order valence-electron chi connectivity index (χ4n) is 3.75. The lowest BCUT2D eigenvalue weighted by Crippen LogP contribution is -2.20. The van der Waals surface area contributed by atoms with E-state index in [1.165, 1.54) is 10.6 Å². The van der Waals surface area contributed by atoms with Crippen LogP contribution in [0.2, 0.25) is 5.02 Å². The van der Waals surface area contributed by atoms with Crippen molar-refractivity contribution in [2.24, 2.45) is 0 Å². The van der Waals surface area contributed by atoms with Crippen LogP contribution in [-0.2, 0) is 6.54 Å². The molecule has 3 heterocycles. The maximum Gasteiger partial charge on any atom is 0.268 e. The first-order valence-electron chi connectivity index (χ1n) is 8.39. The quantitative estimate of drug-likeness (QED) is 0.459. The van der Waals surface area contributed by atoms with E-state index in [0.717, 1.165) is 0 Å². The van der Waals surface area contributed by atoms with Crippen LogP contribution in [0.25, 0.3) is 22.3 Å². The van der Waals surface area contributed by atoms with E-state index in [-0.39, 0.29) is 34.2 Å². The number of nitrogens with zero attached hydrogens (tertiary/aromatic N) is 2. The summed E-state index contributed by atoms with van der Waals surface area (Å²) in [6.45, 7) is 0.171. The molecule has 0 unspecified atom stereocenters. The molecule has 0 aliphatic carbocycles. The molecule has 0 saturated heterocycles. The van der Waals surface area contributed by atoms with Gasteiger partial charge >= 0.3 is 0 Å². The van der Waals surface area contributed by atoms with Gasteiger partial charge in [-0.1, -0.05) is 35.9 Å². The number of rotatable bonds is 2. The zero-order valence-corrected chi connectivity index (χ0v) is 14.7. The average molecular weight is 379 g/mol. The minimum Gasteiger partial charge on any atom is -0.334 e. The van der Waals surface area contributed by atoms with Crippen LogP contribution in [0.5, 0.6) is 0 Å². The molecule has 27 heavy (non-hydrogen) atoms. The second kappa shape index (κ2) is 5.66. The standard InChI is InChI=1S/C21H12ClFN2O2/c22-13-6-3-8-15-17(13)20(26)18-19(16-9-4-10-24(16)21(18)27)25(15)11-12-5-1-2-7-14(12)23/h1-10H,11H2. The molecule has 0 atom stereocenters. The molecule has 5 rings (SSSR count). The summed E-state index contributed by atoms with van der Waals surface area (Å²) in [6.07, 6.45) is 1.62. The van der Waals surface area contributed by atoms with Crippen molar-refractivity contribution in [3.63, 3.8) is 0 Å². The van der Waals surface area contributed by atoms with E-state index in [9.17, 15) is 14.0 Å². The van der Waals surface area contributed by atoms with Crippen LogP contribution in [0, 0.1) is 5.82 Å². The summed E-state index contributed by atoms with van der Waals surface area (Å²) in [5, 5.41) is 0.542. The van der Waals surface area contributed by atoms with Crippen molar-refractivity contribution in [3.05, 3.63) is 93.0 Å². The SMILES string of the molecule is O=C1c2c(n(Cc3ccccc3F)c3cccc(Cl)c3c2=O)-c2cccn21. The molecule has 0 radical (unpaired) electrons. The number of hydrogen-bond acceptors (Lipinski definition) is 2. The number of benzene rings is 2. The molecule has 0 bridgehead atoms. The van der Waals surface area contributed by atoms with E-state index in [1.54, 1.807) is 59.3 Å². The maximum absolute atomic E-state index is 14.3. The van der Waals surface area contributed by atoms with Crippen molar-refractivity contribution in [2.75, 3.05) is 0 Å². The van der Waals surface area contributed by atoms with Gasteiger partial charge in [-0.25, -0.2) is 4.39 Å². The van der Waals surface area contributed by atoms with Crippen LogP contribution in [0.4, 0.5) is 4.39 Å². The molecule has 2 aromatic heterocycles. The highest BCUT2D eigenvalue weighted by atomic mass is 35.5. The largest absolute Gasteiger partial charge is 0.334 e. The fourth-order valence-corrected chi connectivity index (χ4v) is 4.00. The fraction of sp³-hybridized carbons (Fsp3) is 0.0476. The van der Waals surface area contributed by atoms with Crippen molar-refractivity contribution in [1.82, 2.24) is 9.13 Å². The first-order valence-corrected chi connectivity index (χ1v) is 8.76. The Morgan fingerprint density at radius 1 is 0.963 bits per heavy atom. The smallest absolute Gasteiger partial charge is 0.268 e. The normalized spacial score (nSPS) is 12.4. The van der Waals surface area contributed by atoms with Gasteiger partial charge in [0.05, 0.1) is 33.9 Å². The van der Waals surface area contributed by atoms with Gasteiger partial charge in [0.15, 0.2) is 0 Å². The highest BCUT2D eigenvalue weighted by Crippen LogP contribution is 2.35. The third-order valence-electron chi connectivity index (χ3n) is 4.95. The molecule has 6 heteroatoms. The Labute approximate surface area is 158 Å². The molecule has 0 spiro atoms. The van der Waals surface area contributed by atoms with Gasteiger partial charge in [-0.15, -0.1) is 0 Å². The van der Waals surface area contributed by atoms with E-state index < -0.39 is 5.43 Å². The van der Waals surface area contributed by atoms with Gasteiger partial charge < -0.3 is 4.57 Å². The molecular weight excluding hydrogens is 367 g/mol. The monoisotopic (exact) mass is 378 g/mol. The molecular formula is C21H12ClFN2O2. The van der Waals surface area contributed by atoms with Crippen molar-refractivity contribution in [3.8, 4) is 11.4 Å². The van der Waals surface area contributed by atoms with Crippen molar-refractivity contribution >= 4 is 28.4 Å². The van der Waals surface area contributed by atoms with Gasteiger partial charge in [-0.05, 0) is 30.3 Å². The lowest BCUT2D eigenvalue weighted by Gasteiger charge is -2.17. The lowest BCUT2D eigenvalue weighted by atomic mass is 10.1. The lowest BCUT2D eigenvalue weighted by molar-refractivity contribution is 0.0968. The first-order chi connectivity index (χ1) is 13.1. The number of aromatic nitrogens is 2. The molecule has 0 amide bonds. The number of carbonyl (C=O) groups excluding carboxylic acids is 1. The predicted molar refractivity (Wildman–Crippen MR) is 102 cm³/mol. The molecule has 0 N–H and O–H groups in total. The van der Waals surface area contributed by atoms with Crippen LogP contribution >= 0.6 is 11.6 Å². The molecule has 4 nitrogen and oxygen atoms in total.